The van der Waals surface area contributed by atoms with Gasteiger partial charge in [0.1, 0.15) is 5.00 Å². The molecule has 1 amide bonds. The van der Waals surface area contributed by atoms with E-state index in [-0.39, 0.29) is 6.61 Å². The van der Waals surface area contributed by atoms with Crippen molar-refractivity contribution in [1.29, 1.82) is 0 Å². The van der Waals surface area contributed by atoms with Gasteiger partial charge in [-0.05, 0) is 56.2 Å². The number of hydrogen-bond donors (Lipinski definition) is 1. The average Bonchev–Trinajstić information content (AvgIpc) is 3.11. The Balaban J connectivity index is 1.59. The summed E-state index contributed by atoms with van der Waals surface area (Å²) < 4.78 is 10.7. The van der Waals surface area contributed by atoms with Gasteiger partial charge >= 0.3 is 11.9 Å². The fraction of sp³-hybridized carbons (Fsp3) is 0.458. The molecule has 2 heterocycles. The number of aryl methyl sites for hydroxylation is 1. The second-order valence-corrected chi connectivity index (χ2v) is 9.30. The lowest BCUT2D eigenvalue weighted by Crippen LogP contribution is -2.38. The predicted molar refractivity (Wildman–Crippen MR) is 119 cm³/mol. The van der Waals surface area contributed by atoms with Crippen LogP contribution in [0.1, 0.15) is 69.0 Å². The minimum Gasteiger partial charge on any atom is -0.462 e. The van der Waals surface area contributed by atoms with Gasteiger partial charge in [0.2, 0.25) is 0 Å². The molecular formula is C24H27NO5S. The lowest BCUT2D eigenvalue weighted by atomic mass is 9.85. The molecule has 6 nitrogen and oxygen atoms in total. The van der Waals surface area contributed by atoms with E-state index in [1.165, 1.54) is 11.3 Å². The van der Waals surface area contributed by atoms with Crippen molar-refractivity contribution in [3.63, 3.8) is 0 Å². The number of cyclic esters (lactones) is 1. The SMILES string of the molecule is CCOC(=O)c1c(NC(=O)[C@@H]2Cc3ccc(C)cc3C(=O)O2)sc2c1CC[C@H](CC)C2. The van der Waals surface area contributed by atoms with Gasteiger partial charge in [-0.1, -0.05) is 31.0 Å². The van der Waals surface area contributed by atoms with E-state index in [0.29, 0.717) is 28.5 Å². The fourth-order valence-corrected chi connectivity index (χ4v) is 5.69. The molecule has 1 aliphatic heterocycles. The number of rotatable bonds is 5. The van der Waals surface area contributed by atoms with E-state index in [4.69, 9.17) is 9.47 Å². The molecule has 7 heteroatoms. The van der Waals surface area contributed by atoms with Gasteiger partial charge in [0, 0.05) is 11.3 Å². The Morgan fingerprint density at radius 3 is 2.81 bits per heavy atom. The summed E-state index contributed by atoms with van der Waals surface area (Å²) in [6, 6.07) is 5.56. The van der Waals surface area contributed by atoms with Gasteiger partial charge in [-0.15, -0.1) is 11.3 Å². The van der Waals surface area contributed by atoms with Crippen molar-refractivity contribution >= 4 is 34.2 Å². The third-order valence-corrected chi connectivity index (χ3v) is 7.26. The molecule has 164 valence electrons. The third kappa shape index (κ3) is 4.24. The van der Waals surface area contributed by atoms with Crippen LogP contribution in [0.2, 0.25) is 0 Å². The molecular weight excluding hydrogens is 414 g/mol. The molecule has 1 N–H and O–H groups in total. The van der Waals surface area contributed by atoms with Crippen LogP contribution < -0.4 is 5.32 Å². The Kier molecular flexibility index (Phi) is 6.14. The molecule has 1 aromatic carbocycles. The summed E-state index contributed by atoms with van der Waals surface area (Å²) in [5, 5.41) is 3.37. The molecule has 2 atom stereocenters. The molecule has 31 heavy (non-hydrogen) atoms. The molecule has 0 saturated carbocycles. The third-order valence-electron chi connectivity index (χ3n) is 6.09. The molecule has 1 aromatic heterocycles. The van der Waals surface area contributed by atoms with Crippen molar-refractivity contribution in [3.8, 4) is 0 Å². The standard InChI is InChI=1S/C24H27NO5S/c1-4-14-7-9-16-19(11-14)31-22(20(16)24(28)29-5-2)25-21(26)18-12-15-8-6-13(3)10-17(15)23(27)30-18/h6,8,10,14,18H,4-5,7,9,11-12H2,1-3H3,(H,25,26)/t14-,18-/m0/s1. The van der Waals surface area contributed by atoms with Crippen molar-refractivity contribution < 1.29 is 23.9 Å². The van der Waals surface area contributed by atoms with Crippen molar-refractivity contribution in [1.82, 2.24) is 0 Å². The zero-order valence-corrected chi connectivity index (χ0v) is 18.9. The van der Waals surface area contributed by atoms with Gasteiger partial charge in [0.15, 0.2) is 6.10 Å². The second kappa shape index (κ2) is 8.83. The van der Waals surface area contributed by atoms with E-state index in [9.17, 15) is 14.4 Å². The smallest absolute Gasteiger partial charge is 0.341 e. The number of benzene rings is 1. The van der Waals surface area contributed by atoms with Crippen LogP contribution in [0.3, 0.4) is 0 Å². The van der Waals surface area contributed by atoms with E-state index in [1.807, 2.05) is 19.1 Å². The van der Waals surface area contributed by atoms with Crippen LogP contribution >= 0.6 is 11.3 Å². The number of thiophene rings is 1. The molecule has 2 aliphatic rings. The monoisotopic (exact) mass is 441 g/mol. The highest BCUT2D eigenvalue weighted by Gasteiger charge is 2.34. The Morgan fingerprint density at radius 2 is 2.06 bits per heavy atom. The minimum absolute atomic E-state index is 0.269. The molecule has 1 aliphatic carbocycles. The number of ether oxygens (including phenoxy) is 2. The minimum atomic E-state index is -0.930. The number of esters is 2. The van der Waals surface area contributed by atoms with Gasteiger partial charge in [0.25, 0.3) is 5.91 Å². The maximum Gasteiger partial charge on any atom is 0.341 e. The Morgan fingerprint density at radius 1 is 1.26 bits per heavy atom. The molecule has 4 rings (SSSR count). The number of nitrogens with one attached hydrogen (secondary N) is 1. The van der Waals surface area contributed by atoms with E-state index >= 15 is 0 Å². The number of fused-ring (bicyclic) bond motifs is 2. The van der Waals surface area contributed by atoms with E-state index in [0.717, 1.165) is 47.3 Å². The van der Waals surface area contributed by atoms with Crippen molar-refractivity contribution in [2.24, 2.45) is 5.92 Å². The highest BCUT2D eigenvalue weighted by Crippen LogP contribution is 2.41. The Bertz CT molecular complexity index is 1040. The summed E-state index contributed by atoms with van der Waals surface area (Å²) in [4.78, 5) is 39.3. The van der Waals surface area contributed by atoms with Gasteiger partial charge in [-0.2, -0.15) is 0 Å². The van der Waals surface area contributed by atoms with Crippen LogP contribution in [-0.2, 0) is 33.5 Å². The first-order valence-corrected chi connectivity index (χ1v) is 11.7. The topological polar surface area (TPSA) is 81.7 Å². The summed E-state index contributed by atoms with van der Waals surface area (Å²) in [5.74, 6) is -0.738. The van der Waals surface area contributed by atoms with Crippen molar-refractivity contribution in [2.75, 3.05) is 11.9 Å². The van der Waals surface area contributed by atoms with Crippen molar-refractivity contribution in [2.45, 2.75) is 59.0 Å². The first-order valence-electron chi connectivity index (χ1n) is 10.8. The van der Waals surface area contributed by atoms with Gasteiger partial charge in [-0.3, -0.25) is 4.79 Å². The largest absolute Gasteiger partial charge is 0.462 e. The molecule has 0 unspecified atom stereocenters. The predicted octanol–water partition coefficient (Wildman–Crippen LogP) is 4.47. The summed E-state index contributed by atoms with van der Waals surface area (Å²) >= 11 is 1.44. The number of hydrogen-bond acceptors (Lipinski definition) is 6. The molecule has 0 spiro atoms. The molecule has 0 bridgehead atoms. The van der Waals surface area contributed by atoms with Crippen LogP contribution in [-0.4, -0.2) is 30.6 Å². The second-order valence-electron chi connectivity index (χ2n) is 8.19. The van der Waals surface area contributed by atoms with Crippen LogP contribution in [0.15, 0.2) is 18.2 Å². The van der Waals surface area contributed by atoms with Crippen molar-refractivity contribution in [3.05, 3.63) is 50.9 Å². The zero-order chi connectivity index (χ0) is 22.1. The highest BCUT2D eigenvalue weighted by molar-refractivity contribution is 7.17. The van der Waals surface area contributed by atoms with Crippen LogP contribution in [0.25, 0.3) is 0 Å². The molecule has 0 fully saturated rings. The highest BCUT2D eigenvalue weighted by atomic mass is 32.1. The first-order chi connectivity index (χ1) is 14.9. The number of carbonyl (C=O) groups is 3. The van der Waals surface area contributed by atoms with Crippen LogP contribution in [0.4, 0.5) is 5.00 Å². The Hall–Kier alpha value is -2.67. The molecule has 0 saturated heterocycles. The molecule has 2 aromatic rings. The molecule has 0 radical (unpaired) electrons. The average molecular weight is 442 g/mol. The maximum absolute atomic E-state index is 13.0. The quantitative estimate of drug-likeness (QED) is 0.693. The summed E-state index contributed by atoms with van der Waals surface area (Å²) in [7, 11) is 0. The normalized spacial score (nSPS) is 19.8. The summed E-state index contributed by atoms with van der Waals surface area (Å²) in [6.07, 6.45) is 3.20. The lowest BCUT2D eigenvalue weighted by molar-refractivity contribution is -0.125. The number of anilines is 1. The number of carbonyl (C=O) groups excluding carboxylic acids is 3. The number of amides is 1. The van der Waals surface area contributed by atoms with Gasteiger partial charge in [-0.25, -0.2) is 9.59 Å². The van der Waals surface area contributed by atoms with E-state index < -0.39 is 23.9 Å². The maximum atomic E-state index is 13.0. The van der Waals surface area contributed by atoms with E-state index in [1.54, 1.807) is 13.0 Å². The summed E-state index contributed by atoms with van der Waals surface area (Å²) in [5.41, 5.74) is 3.72. The van der Waals surface area contributed by atoms with Crippen LogP contribution in [0, 0.1) is 12.8 Å². The summed E-state index contributed by atoms with van der Waals surface area (Å²) in [6.45, 7) is 6.12. The van der Waals surface area contributed by atoms with Gasteiger partial charge in [0.05, 0.1) is 17.7 Å². The zero-order valence-electron chi connectivity index (χ0n) is 18.1. The van der Waals surface area contributed by atoms with E-state index in [2.05, 4.69) is 12.2 Å². The Labute approximate surface area is 185 Å². The first kappa shape index (κ1) is 21.6. The van der Waals surface area contributed by atoms with Crippen LogP contribution in [0.5, 0.6) is 0 Å². The fourth-order valence-electron chi connectivity index (χ4n) is 4.34. The van der Waals surface area contributed by atoms with Gasteiger partial charge < -0.3 is 14.8 Å². The lowest BCUT2D eigenvalue weighted by Gasteiger charge is -2.24.